The zero-order valence-corrected chi connectivity index (χ0v) is 16.3. The summed E-state index contributed by atoms with van der Waals surface area (Å²) in [5, 5.41) is 3.06. The molecule has 0 radical (unpaired) electrons. The standard InChI is InChI=1S/C20H18N2O2S2/c1-12-4-8-14(9-5-12)16-19(25-3)26-20(21-16)22-18(24)17(23)15-10-6-13(2)7-11-15/h4-11H,1-3H3,(H,21,22,24). The molecule has 0 saturated heterocycles. The lowest BCUT2D eigenvalue weighted by molar-refractivity contribution is -0.112. The van der Waals surface area contributed by atoms with Crippen molar-refractivity contribution in [2.45, 2.75) is 18.1 Å². The number of nitrogens with zero attached hydrogens (tertiary/aromatic N) is 1. The van der Waals surface area contributed by atoms with Crippen LogP contribution in [0.15, 0.2) is 52.7 Å². The van der Waals surface area contributed by atoms with E-state index in [0.717, 1.165) is 21.0 Å². The van der Waals surface area contributed by atoms with Crippen molar-refractivity contribution in [2.24, 2.45) is 0 Å². The molecule has 0 atom stereocenters. The highest BCUT2D eigenvalue weighted by atomic mass is 32.2. The number of ketones is 1. The maximum absolute atomic E-state index is 12.3. The Kier molecular flexibility index (Phi) is 5.54. The van der Waals surface area contributed by atoms with Gasteiger partial charge in [-0.1, -0.05) is 71.0 Å². The molecule has 0 unspecified atom stereocenters. The molecule has 26 heavy (non-hydrogen) atoms. The highest BCUT2D eigenvalue weighted by molar-refractivity contribution is 8.00. The molecule has 1 aromatic heterocycles. The Bertz CT molecular complexity index is 945. The zero-order valence-electron chi connectivity index (χ0n) is 14.7. The lowest BCUT2D eigenvalue weighted by atomic mass is 10.1. The first-order valence-electron chi connectivity index (χ1n) is 8.02. The van der Waals surface area contributed by atoms with Crippen LogP contribution in [0.3, 0.4) is 0 Å². The van der Waals surface area contributed by atoms with Gasteiger partial charge in [-0.15, -0.1) is 11.8 Å². The number of hydrogen-bond acceptors (Lipinski definition) is 5. The smallest absolute Gasteiger partial charge is 0.295 e. The highest BCUT2D eigenvalue weighted by Gasteiger charge is 2.19. The van der Waals surface area contributed by atoms with Crippen molar-refractivity contribution in [3.05, 3.63) is 65.2 Å². The van der Waals surface area contributed by atoms with Crippen LogP contribution in [0.1, 0.15) is 21.5 Å². The molecule has 132 valence electrons. The molecule has 6 heteroatoms. The number of rotatable bonds is 5. The summed E-state index contributed by atoms with van der Waals surface area (Å²) in [6, 6.07) is 15.0. The summed E-state index contributed by atoms with van der Waals surface area (Å²) in [6.45, 7) is 3.96. The summed E-state index contributed by atoms with van der Waals surface area (Å²) in [7, 11) is 0. The van der Waals surface area contributed by atoms with E-state index < -0.39 is 11.7 Å². The monoisotopic (exact) mass is 382 g/mol. The first-order valence-corrected chi connectivity index (χ1v) is 10.1. The second-order valence-electron chi connectivity index (χ2n) is 5.87. The topological polar surface area (TPSA) is 59.1 Å². The third kappa shape index (κ3) is 4.03. The molecule has 0 bridgehead atoms. The number of benzene rings is 2. The highest BCUT2D eigenvalue weighted by Crippen LogP contribution is 2.37. The summed E-state index contributed by atoms with van der Waals surface area (Å²) in [5.74, 6) is -1.24. The number of amides is 1. The van der Waals surface area contributed by atoms with E-state index in [0.29, 0.717) is 10.7 Å². The number of carbonyl (C=O) groups is 2. The van der Waals surface area contributed by atoms with E-state index in [9.17, 15) is 9.59 Å². The SMILES string of the molecule is CSc1sc(NC(=O)C(=O)c2ccc(C)cc2)nc1-c1ccc(C)cc1. The molecular formula is C20H18N2O2S2. The maximum atomic E-state index is 12.3. The zero-order chi connectivity index (χ0) is 18.7. The second-order valence-corrected chi connectivity index (χ2v) is 7.95. The predicted octanol–water partition coefficient (Wildman–Crippen LogP) is 4.97. The molecule has 0 saturated carbocycles. The Balaban J connectivity index is 1.81. The number of anilines is 1. The molecule has 0 aliphatic heterocycles. The first-order chi connectivity index (χ1) is 12.5. The van der Waals surface area contributed by atoms with Gasteiger partial charge in [-0.3, -0.25) is 14.9 Å². The molecule has 4 nitrogen and oxygen atoms in total. The number of Topliss-reactive ketones (excluding diaryl/α,β-unsaturated/α-hetero) is 1. The predicted molar refractivity (Wildman–Crippen MR) is 108 cm³/mol. The molecule has 3 rings (SSSR count). The van der Waals surface area contributed by atoms with Gasteiger partial charge in [0.25, 0.3) is 11.7 Å². The lowest BCUT2D eigenvalue weighted by Crippen LogP contribution is -2.22. The number of aromatic nitrogens is 1. The van der Waals surface area contributed by atoms with E-state index in [4.69, 9.17) is 0 Å². The van der Waals surface area contributed by atoms with E-state index in [1.165, 1.54) is 16.9 Å². The summed E-state index contributed by atoms with van der Waals surface area (Å²) in [5.41, 5.74) is 4.39. The van der Waals surface area contributed by atoms with Crippen LogP contribution in [0.25, 0.3) is 11.3 Å². The second kappa shape index (κ2) is 7.85. The first kappa shape index (κ1) is 18.4. The molecule has 0 aliphatic carbocycles. The third-order valence-corrected chi connectivity index (χ3v) is 5.93. The van der Waals surface area contributed by atoms with Gasteiger partial charge in [0.15, 0.2) is 5.13 Å². The normalized spacial score (nSPS) is 10.6. The van der Waals surface area contributed by atoms with Crippen LogP contribution in [0, 0.1) is 13.8 Å². The Morgan fingerprint density at radius 3 is 2.12 bits per heavy atom. The fraction of sp³-hybridized carbons (Fsp3) is 0.150. The average molecular weight is 383 g/mol. The average Bonchev–Trinajstić information content (AvgIpc) is 3.05. The van der Waals surface area contributed by atoms with Crippen LogP contribution in [0.2, 0.25) is 0 Å². The van der Waals surface area contributed by atoms with Crippen LogP contribution in [0.5, 0.6) is 0 Å². The van der Waals surface area contributed by atoms with Gasteiger partial charge in [0.2, 0.25) is 0 Å². The summed E-state index contributed by atoms with van der Waals surface area (Å²) in [6.07, 6.45) is 1.97. The van der Waals surface area contributed by atoms with Crippen molar-refractivity contribution >= 4 is 39.9 Å². The Labute approximate surface area is 160 Å². The Hall–Kier alpha value is -2.44. The van der Waals surface area contributed by atoms with Crippen molar-refractivity contribution in [1.29, 1.82) is 0 Å². The molecule has 1 amide bonds. The molecule has 3 aromatic rings. The van der Waals surface area contributed by atoms with Gasteiger partial charge < -0.3 is 0 Å². The fourth-order valence-corrected chi connectivity index (χ4v) is 4.03. The van der Waals surface area contributed by atoms with Crippen molar-refractivity contribution in [2.75, 3.05) is 11.6 Å². The number of nitrogens with one attached hydrogen (secondary N) is 1. The van der Waals surface area contributed by atoms with E-state index >= 15 is 0 Å². The van der Waals surface area contributed by atoms with Crippen LogP contribution in [-0.2, 0) is 4.79 Å². The minimum absolute atomic E-state index is 0.369. The van der Waals surface area contributed by atoms with E-state index in [-0.39, 0.29) is 0 Å². The number of carbonyl (C=O) groups excluding carboxylic acids is 2. The van der Waals surface area contributed by atoms with Crippen LogP contribution >= 0.6 is 23.1 Å². The fourth-order valence-electron chi connectivity index (χ4n) is 2.38. The van der Waals surface area contributed by atoms with E-state index in [2.05, 4.69) is 10.3 Å². The van der Waals surface area contributed by atoms with Gasteiger partial charge in [0.05, 0.1) is 9.90 Å². The van der Waals surface area contributed by atoms with E-state index in [1.807, 2.05) is 56.5 Å². The van der Waals surface area contributed by atoms with Gasteiger partial charge in [-0.05, 0) is 20.1 Å². The molecule has 0 spiro atoms. The summed E-state index contributed by atoms with van der Waals surface area (Å²) in [4.78, 5) is 29.1. The van der Waals surface area contributed by atoms with Crippen molar-refractivity contribution in [3.63, 3.8) is 0 Å². The van der Waals surface area contributed by atoms with Gasteiger partial charge in [0.1, 0.15) is 0 Å². The summed E-state index contributed by atoms with van der Waals surface area (Å²) >= 11 is 2.94. The van der Waals surface area contributed by atoms with Gasteiger partial charge in [-0.2, -0.15) is 0 Å². The van der Waals surface area contributed by atoms with Crippen molar-refractivity contribution in [3.8, 4) is 11.3 Å². The number of hydrogen-bond donors (Lipinski definition) is 1. The molecule has 1 N–H and O–H groups in total. The molecule has 0 fully saturated rings. The summed E-state index contributed by atoms with van der Waals surface area (Å²) < 4.78 is 0.993. The van der Waals surface area contributed by atoms with Crippen LogP contribution in [0.4, 0.5) is 5.13 Å². The third-order valence-electron chi connectivity index (χ3n) is 3.85. The maximum Gasteiger partial charge on any atom is 0.298 e. The van der Waals surface area contributed by atoms with Gasteiger partial charge >= 0.3 is 0 Å². The molecule has 2 aromatic carbocycles. The van der Waals surface area contributed by atoms with Gasteiger partial charge in [-0.25, -0.2) is 4.98 Å². The minimum atomic E-state index is -0.675. The largest absolute Gasteiger partial charge is 0.298 e. The minimum Gasteiger partial charge on any atom is -0.295 e. The number of aryl methyl sites for hydroxylation is 2. The van der Waals surface area contributed by atoms with Crippen LogP contribution < -0.4 is 5.32 Å². The molecule has 1 heterocycles. The lowest BCUT2D eigenvalue weighted by Gasteiger charge is -2.02. The van der Waals surface area contributed by atoms with E-state index in [1.54, 1.807) is 23.9 Å². The van der Waals surface area contributed by atoms with Crippen molar-refractivity contribution < 1.29 is 9.59 Å². The number of thiazole rings is 1. The molecule has 0 aliphatic rings. The molecular weight excluding hydrogens is 364 g/mol. The van der Waals surface area contributed by atoms with Crippen LogP contribution in [-0.4, -0.2) is 22.9 Å². The Morgan fingerprint density at radius 1 is 0.962 bits per heavy atom. The Morgan fingerprint density at radius 2 is 1.54 bits per heavy atom. The van der Waals surface area contributed by atoms with Gasteiger partial charge in [0, 0.05) is 11.1 Å². The number of thioether (sulfide) groups is 1. The quantitative estimate of drug-likeness (QED) is 0.384. The van der Waals surface area contributed by atoms with Crippen molar-refractivity contribution in [1.82, 2.24) is 4.98 Å².